The normalized spacial score (nSPS) is 12.6. The maximum absolute atomic E-state index is 11.3. The molecule has 90 valence electrons. The SMILES string of the molecule is COc1ccc2c(c1)c(C(C)C(N)=O)cn2C. The van der Waals surface area contributed by atoms with Crippen LogP contribution in [0.1, 0.15) is 18.4 Å². The lowest BCUT2D eigenvalue weighted by Gasteiger charge is -2.06. The second-order valence-corrected chi connectivity index (χ2v) is 4.20. The lowest BCUT2D eigenvalue weighted by atomic mass is 10.00. The molecule has 0 aliphatic rings. The highest BCUT2D eigenvalue weighted by molar-refractivity contribution is 5.92. The number of amides is 1. The zero-order valence-corrected chi connectivity index (χ0v) is 10.2. The molecule has 4 heteroatoms. The molecule has 0 radical (unpaired) electrons. The number of nitrogens with two attached hydrogens (primary N) is 1. The molecule has 0 spiro atoms. The molecular formula is C13H16N2O2. The first-order valence-electron chi connectivity index (χ1n) is 5.47. The fourth-order valence-electron chi connectivity index (χ4n) is 2.03. The maximum Gasteiger partial charge on any atom is 0.224 e. The van der Waals surface area contributed by atoms with Crippen molar-refractivity contribution in [3.8, 4) is 5.75 Å². The number of carbonyl (C=O) groups excluding carboxylic acids is 1. The van der Waals surface area contributed by atoms with Crippen LogP contribution in [0.4, 0.5) is 0 Å². The topological polar surface area (TPSA) is 57.2 Å². The lowest BCUT2D eigenvalue weighted by Crippen LogP contribution is -2.18. The standard InChI is InChI=1S/C13H16N2O2/c1-8(13(14)16)11-7-15(2)12-5-4-9(17-3)6-10(11)12/h4-8H,1-3H3,(H2,14,16). The second kappa shape index (κ2) is 4.13. The highest BCUT2D eigenvalue weighted by Gasteiger charge is 2.17. The molecule has 0 saturated heterocycles. The number of aryl methyl sites for hydroxylation is 1. The second-order valence-electron chi connectivity index (χ2n) is 4.20. The monoisotopic (exact) mass is 232 g/mol. The Morgan fingerprint density at radius 2 is 2.18 bits per heavy atom. The molecule has 1 amide bonds. The van der Waals surface area contributed by atoms with Gasteiger partial charge in [0.2, 0.25) is 5.91 Å². The van der Waals surface area contributed by atoms with Gasteiger partial charge in [0.15, 0.2) is 0 Å². The van der Waals surface area contributed by atoms with E-state index in [0.29, 0.717) is 0 Å². The predicted octanol–water partition coefficient (Wildman–Crippen LogP) is 1.78. The third kappa shape index (κ3) is 1.86. The summed E-state index contributed by atoms with van der Waals surface area (Å²) in [5, 5.41) is 1.01. The van der Waals surface area contributed by atoms with E-state index in [0.717, 1.165) is 22.2 Å². The summed E-state index contributed by atoms with van der Waals surface area (Å²) >= 11 is 0. The number of methoxy groups -OCH3 is 1. The average molecular weight is 232 g/mol. The van der Waals surface area contributed by atoms with Gasteiger partial charge in [-0.1, -0.05) is 0 Å². The Morgan fingerprint density at radius 1 is 1.47 bits per heavy atom. The van der Waals surface area contributed by atoms with Crippen molar-refractivity contribution in [1.82, 2.24) is 4.57 Å². The number of ether oxygens (including phenoxy) is 1. The zero-order chi connectivity index (χ0) is 12.6. The highest BCUT2D eigenvalue weighted by Crippen LogP contribution is 2.30. The van der Waals surface area contributed by atoms with Gasteiger partial charge in [-0.25, -0.2) is 0 Å². The lowest BCUT2D eigenvalue weighted by molar-refractivity contribution is -0.119. The van der Waals surface area contributed by atoms with Crippen LogP contribution in [-0.2, 0) is 11.8 Å². The van der Waals surface area contributed by atoms with Gasteiger partial charge in [0.25, 0.3) is 0 Å². The third-order valence-corrected chi connectivity index (χ3v) is 3.12. The van der Waals surface area contributed by atoms with E-state index in [1.807, 2.05) is 42.9 Å². The van der Waals surface area contributed by atoms with Crippen molar-refractivity contribution in [3.63, 3.8) is 0 Å². The van der Waals surface area contributed by atoms with Crippen LogP contribution in [0.25, 0.3) is 10.9 Å². The van der Waals surface area contributed by atoms with Crippen LogP contribution in [-0.4, -0.2) is 17.6 Å². The van der Waals surface area contributed by atoms with Gasteiger partial charge in [0, 0.05) is 24.1 Å². The number of nitrogens with zero attached hydrogens (tertiary/aromatic N) is 1. The van der Waals surface area contributed by atoms with Gasteiger partial charge in [-0.2, -0.15) is 0 Å². The van der Waals surface area contributed by atoms with Crippen molar-refractivity contribution in [1.29, 1.82) is 0 Å². The smallest absolute Gasteiger partial charge is 0.224 e. The van der Waals surface area contributed by atoms with Crippen LogP contribution in [0.3, 0.4) is 0 Å². The van der Waals surface area contributed by atoms with Gasteiger partial charge in [-0.05, 0) is 30.7 Å². The van der Waals surface area contributed by atoms with Gasteiger partial charge in [-0.15, -0.1) is 0 Å². The van der Waals surface area contributed by atoms with Gasteiger partial charge in [0.05, 0.1) is 13.0 Å². The summed E-state index contributed by atoms with van der Waals surface area (Å²) in [6.07, 6.45) is 1.94. The van der Waals surface area contributed by atoms with Gasteiger partial charge in [-0.3, -0.25) is 4.79 Å². The number of aromatic nitrogens is 1. The van der Waals surface area contributed by atoms with Crippen LogP contribution < -0.4 is 10.5 Å². The Bertz CT molecular complexity index is 572. The van der Waals surface area contributed by atoms with E-state index in [1.165, 1.54) is 0 Å². The van der Waals surface area contributed by atoms with Crippen LogP contribution >= 0.6 is 0 Å². The maximum atomic E-state index is 11.3. The van der Waals surface area contributed by atoms with E-state index in [4.69, 9.17) is 10.5 Å². The molecule has 0 fully saturated rings. The molecule has 1 atom stereocenters. The Kier molecular flexibility index (Phi) is 2.79. The Labute approximate surface area is 100.0 Å². The quantitative estimate of drug-likeness (QED) is 0.876. The molecule has 0 aliphatic heterocycles. The molecule has 17 heavy (non-hydrogen) atoms. The van der Waals surface area contributed by atoms with Crippen molar-refractivity contribution in [2.24, 2.45) is 12.8 Å². The molecule has 1 heterocycles. The Hall–Kier alpha value is -1.97. The minimum Gasteiger partial charge on any atom is -0.497 e. The average Bonchev–Trinajstić information content (AvgIpc) is 2.65. The molecule has 0 aliphatic carbocycles. The van der Waals surface area contributed by atoms with Crippen LogP contribution in [0.2, 0.25) is 0 Å². The van der Waals surface area contributed by atoms with Gasteiger partial charge in [0.1, 0.15) is 5.75 Å². The summed E-state index contributed by atoms with van der Waals surface area (Å²) in [6.45, 7) is 1.82. The van der Waals surface area contributed by atoms with Crippen molar-refractivity contribution >= 4 is 16.8 Å². The molecule has 2 N–H and O–H groups in total. The molecule has 0 bridgehead atoms. The minimum atomic E-state index is -0.319. The number of rotatable bonds is 3. The molecular weight excluding hydrogens is 216 g/mol. The van der Waals surface area contributed by atoms with Gasteiger partial charge >= 0.3 is 0 Å². The summed E-state index contributed by atoms with van der Waals surface area (Å²) in [5.41, 5.74) is 7.36. The van der Waals surface area contributed by atoms with Crippen molar-refractivity contribution < 1.29 is 9.53 Å². The molecule has 2 aromatic rings. The van der Waals surface area contributed by atoms with Crippen molar-refractivity contribution in [3.05, 3.63) is 30.0 Å². The summed E-state index contributed by atoms with van der Waals surface area (Å²) < 4.78 is 7.19. The van der Waals surface area contributed by atoms with E-state index < -0.39 is 0 Å². The van der Waals surface area contributed by atoms with Crippen LogP contribution in [0.5, 0.6) is 5.75 Å². The minimum absolute atomic E-state index is 0.300. The Morgan fingerprint density at radius 3 is 2.76 bits per heavy atom. The number of benzene rings is 1. The summed E-state index contributed by atoms with van der Waals surface area (Å²) in [4.78, 5) is 11.3. The van der Waals surface area contributed by atoms with E-state index in [-0.39, 0.29) is 11.8 Å². The first-order valence-corrected chi connectivity index (χ1v) is 5.47. The summed E-state index contributed by atoms with van der Waals surface area (Å²) in [5.74, 6) is 0.160. The zero-order valence-electron chi connectivity index (χ0n) is 10.2. The van der Waals surface area contributed by atoms with Crippen LogP contribution in [0.15, 0.2) is 24.4 Å². The molecule has 1 aromatic heterocycles. The number of carbonyl (C=O) groups is 1. The van der Waals surface area contributed by atoms with Crippen molar-refractivity contribution in [2.75, 3.05) is 7.11 Å². The number of fused-ring (bicyclic) bond motifs is 1. The molecule has 4 nitrogen and oxygen atoms in total. The fourth-order valence-corrected chi connectivity index (χ4v) is 2.03. The molecule has 1 unspecified atom stereocenters. The third-order valence-electron chi connectivity index (χ3n) is 3.12. The van der Waals surface area contributed by atoms with E-state index >= 15 is 0 Å². The van der Waals surface area contributed by atoms with Crippen LogP contribution in [0, 0.1) is 0 Å². The first kappa shape index (κ1) is 11.5. The summed E-state index contributed by atoms with van der Waals surface area (Å²) in [6, 6.07) is 5.82. The number of hydrogen-bond donors (Lipinski definition) is 1. The predicted molar refractivity (Wildman–Crippen MR) is 67.1 cm³/mol. The van der Waals surface area contributed by atoms with E-state index in [1.54, 1.807) is 7.11 Å². The fraction of sp³-hybridized carbons (Fsp3) is 0.308. The number of hydrogen-bond acceptors (Lipinski definition) is 2. The summed E-state index contributed by atoms with van der Waals surface area (Å²) in [7, 11) is 3.58. The molecule has 1 aromatic carbocycles. The number of primary amides is 1. The van der Waals surface area contributed by atoms with Crippen molar-refractivity contribution in [2.45, 2.75) is 12.8 Å². The first-order chi connectivity index (χ1) is 8.04. The largest absolute Gasteiger partial charge is 0.497 e. The molecule has 0 saturated carbocycles. The van der Waals surface area contributed by atoms with E-state index in [2.05, 4.69) is 0 Å². The Balaban J connectivity index is 2.67. The highest BCUT2D eigenvalue weighted by atomic mass is 16.5. The van der Waals surface area contributed by atoms with Gasteiger partial charge < -0.3 is 15.0 Å². The van der Waals surface area contributed by atoms with E-state index in [9.17, 15) is 4.79 Å². The molecule has 2 rings (SSSR count).